The zero-order chi connectivity index (χ0) is 20.7. The number of rotatable bonds is 7. The predicted octanol–water partition coefficient (Wildman–Crippen LogP) is 3.86. The summed E-state index contributed by atoms with van der Waals surface area (Å²) in [5.74, 6) is -0.402. The van der Waals surface area contributed by atoms with E-state index in [1.54, 1.807) is 12.1 Å². The lowest BCUT2D eigenvalue weighted by Crippen LogP contribution is -2.46. The minimum Gasteiger partial charge on any atom is -0.466 e. The van der Waals surface area contributed by atoms with Gasteiger partial charge in [0.05, 0.1) is 24.7 Å². The van der Waals surface area contributed by atoms with Crippen LogP contribution in [0, 0.1) is 5.41 Å². The number of benzene rings is 2. The van der Waals surface area contributed by atoms with Crippen LogP contribution in [0.4, 0.5) is 0 Å². The van der Waals surface area contributed by atoms with Crippen LogP contribution in [-0.4, -0.2) is 43.6 Å². The average molecular weight is 395 g/mol. The van der Waals surface area contributed by atoms with Crippen LogP contribution >= 0.6 is 0 Å². The van der Waals surface area contributed by atoms with Crippen LogP contribution in [0.3, 0.4) is 0 Å². The zero-order valence-electron chi connectivity index (χ0n) is 17.2. The summed E-state index contributed by atoms with van der Waals surface area (Å²) in [6.45, 7) is 4.74. The largest absolute Gasteiger partial charge is 0.466 e. The first kappa shape index (κ1) is 21.1. The van der Waals surface area contributed by atoms with Crippen molar-refractivity contribution in [3.8, 4) is 0 Å². The summed E-state index contributed by atoms with van der Waals surface area (Å²) in [5, 5.41) is 0. The molecule has 0 radical (unpaired) electrons. The Balaban J connectivity index is 1.65. The fourth-order valence-electron chi connectivity index (χ4n) is 3.99. The number of methoxy groups -OCH3 is 1. The number of likely N-dealkylation sites (tertiary alicyclic amines) is 1. The lowest BCUT2D eigenvalue weighted by Gasteiger charge is -2.40. The lowest BCUT2D eigenvalue weighted by molar-refractivity contribution is -0.158. The number of nitrogens with zero attached hydrogens (tertiary/aromatic N) is 1. The first-order valence-corrected chi connectivity index (χ1v) is 10.2. The number of hydrogen-bond donors (Lipinski definition) is 0. The molecule has 3 rings (SSSR count). The van der Waals surface area contributed by atoms with Gasteiger partial charge in [-0.3, -0.25) is 9.69 Å². The molecule has 29 heavy (non-hydrogen) atoms. The van der Waals surface area contributed by atoms with Crippen molar-refractivity contribution in [3.05, 3.63) is 71.3 Å². The molecular weight excluding hydrogens is 366 g/mol. The first-order valence-electron chi connectivity index (χ1n) is 10.2. The summed E-state index contributed by atoms with van der Waals surface area (Å²) in [6, 6.07) is 17.7. The van der Waals surface area contributed by atoms with E-state index >= 15 is 0 Å². The summed E-state index contributed by atoms with van der Waals surface area (Å²) in [6.07, 6.45) is 2.27. The second kappa shape index (κ2) is 9.70. The Labute approximate surface area is 172 Å². The van der Waals surface area contributed by atoms with Gasteiger partial charge in [-0.1, -0.05) is 42.5 Å². The van der Waals surface area contributed by atoms with Crippen LogP contribution in [0.5, 0.6) is 0 Å². The fourth-order valence-corrected chi connectivity index (χ4v) is 3.99. The van der Waals surface area contributed by atoms with E-state index in [2.05, 4.69) is 17.0 Å². The van der Waals surface area contributed by atoms with Crippen molar-refractivity contribution in [2.75, 3.05) is 26.8 Å². The molecule has 0 unspecified atom stereocenters. The van der Waals surface area contributed by atoms with Crippen LogP contribution in [0.15, 0.2) is 54.6 Å². The Kier molecular flexibility index (Phi) is 7.04. The highest BCUT2D eigenvalue weighted by Gasteiger charge is 2.42. The minimum atomic E-state index is -0.456. The normalized spacial score (nSPS) is 16.2. The van der Waals surface area contributed by atoms with Crippen LogP contribution < -0.4 is 0 Å². The summed E-state index contributed by atoms with van der Waals surface area (Å²) >= 11 is 0. The molecule has 0 saturated carbocycles. The van der Waals surface area contributed by atoms with Crippen LogP contribution in [-0.2, 0) is 27.2 Å². The van der Waals surface area contributed by atoms with Crippen LogP contribution in [0.1, 0.15) is 41.3 Å². The fraction of sp³-hybridized carbons (Fsp3) is 0.417. The summed E-state index contributed by atoms with van der Waals surface area (Å²) in [7, 11) is 1.38. The third-order valence-corrected chi connectivity index (χ3v) is 5.69. The van der Waals surface area contributed by atoms with Crippen LogP contribution in [0.25, 0.3) is 0 Å². The molecule has 1 aliphatic rings. The van der Waals surface area contributed by atoms with Gasteiger partial charge in [-0.2, -0.15) is 0 Å². The highest BCUT2D eigenvalue weighted by Crippen LogP contribution is 2.37. The molecule has 0 bridgehead atoms. The van der Waals surface area contributed by atoms with E-state index in [4.69, 9.17) is 9.47 Å². The quantitative estimate of drug-likeness (QED) is 0.667. The smallest absolute Gasteiger partial charge is 0.337 e. The van der Waals surface area contributed by atoms with Crippen molar-refractivity contribution < 1.29 is 19.1 Å². The molecule has 0 N–H and O–H groups in total. The molecule has 1 aliphatic heterocycles. The molecule has 0 atom stereocenters. The molecule has 1 fully saturated rings. The lowest BCUT2D eigenvalue weighted by atomic mass is 9.73. The molecule has 154 valence electrons. The maximum absolute atomic E-state index is 12.8. The Morgan fingerprint density at radius 1 is 0.966 bits per heavy atom. The number of ether oxygens (including phenoxy) is 2. The molecular formula is C24H29NO4. The van der Waals surface area contributed by atoms with Gasteiger partial charge in [-0.15, -0.1) is 0 Å². The Morgan fingerprint density at radius 3 is 2.21 bits per heavy atom. The standard InChI is InChI=1S/C24H29NO4/c1-3-29-23(27)24(17-19-7-5-4-6-8-19)13-15-25(16-14-24)18-20-9-11-21(12-10-20)22(26)28-2/h4-12H,3,13-18H2,1-2H3. The number of piperidine rings is 1. The highest BCUT2D eigenvalue weighted by atomic mass is 16.5. The monoisotopic (exact) mass is 395 g/mol. The van der Waals surface area contributed by atoms with Gasteiger partial charge in [0.1, 0.15) is 0 Å². The molecule has 0 aromatic heterocycles. The second-order valence-corrected chi connectivity index (χ2v) is 7.63. The van der Waals surface area contributed by atoms with Gasteiger partial charge in [0.2, 0.25) is 0 Å². The second-order valence-electron chi connectivity index (χ2n) is 7.63. The van der Waals surface area contributed by atoms with Crippen LogP contribution in [0.2, 0.25) is 0 Å². The summed E-state index contributed by atoms with van der Waals surface area (Å²) < 4.78 is 10.2. The summed E-state index contributed by atoms with van der Waals surface area (Å²) in [5.41, 5.74) is 2.42. The van der Waals surface area contributed by atoms with E-state index in [1.165, 1.54) is 12.7 Å². The van der Waals surface area contributed by atoms with Gasteiger partial charge < -0.3 is 9.47 Å². The Hall–Kier alpha value is -2.66. The van der Waals surface area contributed by atoms with E-state index in [0.29, 0.717) is 18.6 Å². The number of carbonyl (C=O) groups is 2. The van der Waals surface area contributed by atoms with Crippen molar-refractivity contribution in [1.29, 1.82) is 0 Å². The van der Waals surface area contributed by atoms with Gasteiger partial charge >= 0.3 is 11.9 Å². The predicted molar refractivity (Wildman–Crippen MR) is 112 cm³/mol. The molecule has 0 amide bonds. The SMILES string of the molecule is CCOC(=O)C1(Cc2ccccc2)CCN(Cc2ccc(C(=O)OC)cc2)CC1. The maximum atomic E-state index is 12.8. The molecule has 5 nitrogen and oxygen atoms in total. The average Bonchev–Trinajstić information content (AvgIpc) is 2.76. The van der Waals surface area contributed by atoms with Crippen molar-refractivity contribution in [3.63, 3.8) is 0 Å². The zero-order valence-corrected chi connectivity index (χ0v) is 17.2. The van der Waals surface area contributed by atoms with E-state index in [-0.39, 0.29) is 11.9 Å². The van der Waals surface area contributed by atoms with E-state index in [0.717, 1.165) is 38.0 Å². The molecule has 5 heteroatoms. The minimum absolute atomic E-state index is 0.0778. The highest BCUT2D eigenvalue weighted by molar-refractivity contribution is 5.89. The van der Waals surface area contributed by atoms with Gasteiger partial charge in [0, 0.05) is 6.54 Å². The van der Waals surface area contributed by atoms with E-state index in [9.17, 15) is 9.59 Å². The number of carbonyl (C=O) groups excluding carboxylic acids is 2. The van der Waals surface area contributed by atoms with Crippen molar-refractivity contribution in [2.24, 2.45) is 5.41 Å². The molecule has 2 aromatic rings. The molecule has 0 aliphatic carbocycles. The van der Waals surface area contributed by atoms with E-state index in [1.807, 2.05) is 37.3 Å². The van der Waals surface area contributed by atoms with Crippen molar-refractivity contribution in [2.45, 2.75) is 32.7 Å². The summed E-state index contributed by atoms with van der Waals surface area (Å²) in [4.78, 5) is 26.8. The Morgan fingerprint density at radius 2 is 1.62 bits per heavy atom. The van der Waals surface area contributed by atoms with Gasteiger partial charge in [-0.25, -0.2) is 4.79 Å². The topological polar surface area (TPSA) is 55.8 Å². The number of hydrogen-bond acceptors (Lipinski definition) is 5. The Bertz CT molecular complexity index is 809. The van der Waals surface area contributed by atoms with Gasteiger partial charge in [0.15, 0.2) is 0 Å². The van der Waals surface area contributed by atoms with E-state index < -0.39 is 5.41 Å². The third-order valence-electron chi connectivity index (χ3n) is 5.69. The molecule has 1 saturated heterocycles. The first-order chi connectivity index (χ1) is 14.1. The number of esters is 2. The maximum Gasteiger partial charge on any atom is 0.337 e. The van der Waals surface area contributed by atoms with Crippen molar-refractivity contribution >= 4 is 11.9 Å². The van der Waals surface area contributed by atoms with Gasteiger partial charge in [0.25, 0.3) is 0 Å². The van der Waals surface area contributed by atoms with Crippen molar-refractivity contribution in [1.82, 2.24) is 4.90 Å². The molecule has 1 heterocycles. The third kappa shape index (κ3) is 5.24. The molecule has 0 spiro atoms. The molecule has 2 aromatic carbocycles. The van der Waals surface area contributed by atoms with Gasteiger partial charge in [-0.05, 0) is 62.5 Å².